The number of hydrogen-bond donors (Lipinski definition) is 1. The van der Waals surface area contributed by atoms with Crippen LogP contribution in [0.25, 0.3) is 0 Å². The van der Waals surface area contributed by atoms with E-state index < -0.39 is 0 Å². The molecular formula is C17H25ClN2O. The first-order valence-electron chi connectivity index (χ1n) is 8.00. The topological polar surface area (TPSA) is 38.5 Å². The minimum Gasteiger partial charge on any atom is -0.493 e. The van der Waals surface area contributed by atoms with E-state index in [0.717, 1.165) is 22.9 Å². The number of piperidine rings is 1. The summed E-state index contributed by atoms with van der Waals surface area (Å²) in [5, 5.41) is 0.730. The van der Waals surface area contributed by atoms with Crippen LogP contribution in [-0.2, 0) is 0 Å². The van der Waals surface area contributed by atoms with E-state index in [1.165, 1.54) is 19.3 Å². The standard InChI is InChI=1S/C17H25ClN2O/c1-11-4-3-5-12(2)20(11)9-13-10-21-16-7-6-14(18)8-15(16)17(13)19/h6-8,11-13,17H,3-5,9-10,19H2,1-2H3. The summed E-state index contributed by atoms with van der Waals surface area (Å²) in [6.07, 6.45) is 3.91. The monoisotopic (exact) mass is 308 g/mol. The minimum absolute atomic E-state index is 0.00813. The average Bonchev–Trinajstić information content (AvgIpc) is 2.46. The van der Waals surface area contributed by atoms with Gasteiger partial charge in [-0.15, -0.1) is 0 Å². The molecule has 2 N–H and O–H groups in total. The first-order valence-corrected chi connectivity index (χ1v) is 8.37. The number of rotatable bonds is 2. The van der Waals surface area contributed by atoms with Gasteiger partial charge >= 0.3 is 0 Å². The van der Waals surface area contributed by atoms with Crippen molar-refractivity contribution in [2.45, 2.75) is 51.2 Å². The molecular weight excluding hydrogens is 284 g/mol. The fourth-order valence-electron chi connectivity index (χ4n) is 3.74. The summed E-state index contributed by atoms with van der Waals surface area (Å²) in [7, 11) is 0. The molecule has 0 aliphatic carbocycles. The summed E-state index contributed by atoms with van der Waals surface area (Å²) in [4.78, 5) is 2.60. The molecule has 0 amide bonds. The van der Waals surface area contributed by atoms with Crippen LogP contribution in [0.3, 0.4) is 0 Å². The van der Waals surface area contributed by atoms with Crippen LogP contribution in [0, 0.1) is 5.92 Å². The SMILES string of the molecule is CC1CCCC(C)N1CC1COc2ccc(Cl)cc2C1N. The molecule has 1 saturated heterocycles. The molecule has 4 atom stereocenters. The van der Waals surface area contributed by atoms with Crippen LogP contribution in [0.1, 0.15) is 44.7 Å². The number of nitrogens with two attached hydrogens (primary N) is 1. The molecule has 0 aromatic heterocycles. The van der Waals surface area contributed by atoms with Gasteiger partial charge in [-0.25, -0.2) is 0 Å². The summed E-state index contributed by atoms with van der Waals surface area (Å²) >= 11 is 6.11. The third-order valence-corrected chi connectivity index (χ3v) is 5.35. The third-order valence-electron chi connectivity index (χ3n) is 5.11. The number of ether oxygens (including phenoxy) is 1. The molecule has 2 aliphatic rings. The van der Waals surface area contributed by atoms with Gasteiger partial charge in [-0.2, -0.15) is 0 Å². The van der Waals surface area contributed by atoms with Crippen molar-refractivity contribution in [2.24, 2.45) is 11.7 Å². The highest BCUT2D eigenvalue weighted by Crippen LogP contribution is 2.37. The summed E-state index contributed by atoms with van der Waals surface area (Å²) < 4.78 is 5.91. The lowest BCUT2D eigenvalue weighted by Crippen LogP contribution is -2.49. The number of benzene rings is 1. The van der Waals surface area contributed by atoms with Crippen molar-refractivity contribution in [3.8, 4) is 5.75 Å². The Morgan fingerprint density at radius 1 is 1.29 bits per heavy atom. The lowest BCUT2D eigenvalue weighted by atomic mass is 9.88. The summed E-state index contributed by atoms with van der Waals surface area (Å²) in [6.45, 7) is 6.37. The van der Waals surface area contributed by atoms with Crippen LogP contribution in [0.5, 0.6) is 5.75 Å². The number of nitrogens with zero attached hydrogens (tertiary/aromatic N) is 1. The van der Waals surface area contributed by atoms with E-state index >= 15 is 0 Å². The fourth-order valence-corrected chi connectivity index (χ4v) is 3.92. The Balaban J connectivity index is 1.75. The summed E-state index contributed by atoms with van der Waals surface area (Å²) in [5.74, 6) is 1.22. The maximum atomic E-state index is 6.50. The van der Waals surface area contributed by atoms with E-state index in [9.17, 15) is 0 Å². The second kappa shape index (κ2) is 6.15. The third kappa shape index (κ3) is 3.05. The van der Waals surface area contributed by atoms with Crippen LogP contribution in [0.15, 0.2) is 18.2 Å². The van der Waals surface area contributed by atoms with Crippen molar-refractivity contribution >= 4 is 11.6 Å². The van der Waals surface area contributed by atoms with E-state index in [0.29, 0.717) is 24.6 Å². The van der Waals surface area contributed by atoms with Gasteiger partial charge < -0.3 is 10.5 Å². The largest absolute Gasteiger partial charge is 0.493 e. The van der Waals surface area contributed by atoms with Gasteiger partial charge in [0.15, 0.2) is 0 Å². The first kappa shape index (κ1) is 15.1. The molecule has 116 valence electrons. The van der Waals surface area contributed by atoms with E-state index in [-0.39, 0.29) is 6.04 Å². The van der Waals surface area contributed by atoms with E-state index in [1.807, 2.05) is 18.2 Å². The normalized spacial score (nSPS) is 33.3. The van der Waals surface area contributed by atoms with Crippen molar-refractivity contribution in [3.63, 3.8) is 0 Å². The molecule has 0 spiro atoms. The molecule has 0 bridgehead atoms. The smallest absolute Gasteiger partial charge is 0.124 e. The molecule has 3 rings (SSSR count). The van der Waals surface area contributed by atoms with Gasteiger partial charge in [0.05, 0.1) is 6.61 Å². The fraction of sp³-hybridized carbons (Fsp3) is 0.647. The highest BCUT2D eigenvalue weighted by Gasteiger charge is 2.33. The van der Waals surface area contributed by atoms with Crippen LogP contribution < -0.4 is 10.5 Å². The van der Waals surface area contributed by atoms with Crippen LogP contribution in [0.2, 0.25) is 5.02 Å². The molecule has 2 aliphatic heterocycles. The maximum absolute atomic E-state index is 6.50. The molecule has 4 unspecified atom stereocenters. The first-order chi connectivity index (χ1) is 10.1. The molecule has 4 heteroatoms. The van der Waals surface area contributed by atoms with Crippen molar-refractivity contribution in [2.75, 3.05) is 13.2 Å². The predicted octanol–water partition coefficient (Wildman–Crippen LogP) is 3.61. The van der Waals surface area contributed by atoms with Crippen molar-refractivity contribution in [1.29, 1.82) is 0 Å². The van der Waals surface area contributed by atoms with Gasteiger partial charge in [0, 0.05) is 41.2 Å². The number of fused-ring (bicyclic) bond motifs is 1. The predicted molar refractivity (Wildman–Crippen MR) is 86.8 cm³/mol. The van der Waals surface area contributed by atoms with E-state index in [4.69, 9.17) is 22.1 Å². The van der Waals surface area contributed by atoms with Crippen molar-refractivity contribution < 1.29 is 4.74 Å². The number of hydrogen-bond acceptors (Lipinski definition) is 3. The molecule has 1 fully saturated rings. The van der Waals surface area contributed by atoms with E-state index in [2.05, 4.69) is 18.7 Å². The number of halogens is 1. The lowest BCUT2D eigenvalue weighted by molar-refractivity contribution is 0.0579. The zero-order valence-corrected chi connectivity index (χ0v) is 13.6. The molecule has 1 aromatic carbocycles. The molecule has 2 heterocycles. The molecule has 1 aromatic rings. The highest BCUT2D eigenvalue weighted by molar-refractivity contribution is 6.30. The maximum Gasteiger partial charge on any atom is 0.124 e. The summed E-state index contributed by atoms with van der Waals surface area (Å²) in [5.41, 5.74) is 7.55. The Bertz CT molecular complexity index is 498. The van der Waals surface area contributed by atoms with Crippen molar-refractivity contribution in [1.82, 2.24) is 4.90 Å². The van der Waals surface area contributed by atoms with Gasteiger partial charge in [-0.3, -0.25) is 4.90 Å². The zero-order chi connectivity index (χ0) is 15.0. The molecule has 21 heavy (non-hydrogen) atoms. The Morgan fingerprint density at radius 3 is 2.71 bits per heavy atom. The molecule has 0 radical (unpaired) electrons. The minimum atomic E-state index is 0.00813. The van der Waals surface area contributed by atoms with E-state index in [1.54, 1.807) is 0 Å². The van der Waals surface area contributed by atoms with Crippen LogP contribution in [-0.4, -0.2) is 30.1 Å². The Hall–Kier alpha value is -0.770. The van der Waals surface area contributed by atoms with Crippen LogP contribution >= 0.6 is 11.6 Å². The Labute approximate surface area is 132 Å². The quantitative estimate of drug-likeness (QED) is 0.907. The highest BCUT2D eigenvalue weighted by atomic mass is 35.5. The number of likely N-dealkylation sites (tertiary alicyclic amines) is 1. The zero-order valence-electron chi connectivity index (χ0n) is 12.9. The van der Waals surface area contributed by atoms with Gasteiger partial charge in [-0.1, -0.05) is 18.0 Å². The lowest BCUT2D eigenvalue weighted by Gasteiger charge is -2.43. The van der Waals surface area contributed by atoms with Gasteiger partial charge in [0.25, 0.3) is 0 Å². The summed E-state index contributed by atoms with van der Waals surface area (Å²) in [6, 6.07) is 7.04. The molecule has 0 saturated carbocycles. The second-order valence-corrected chi connectivity index (χ2v) is 7.04. The van der Waals surface area contributed by atoms with Gasteiger partial charge in [-0.05, 0) is 44.9 Å². The van der Waals surface area contributed by atoms with Gasteiger partial charge in [0.1, 0.15) is 5.75 Å². The van der Waals surface area contributed by atoms with Crippen LogP contribution in [0.4, 0.5) is 0 Å². The average molecular weight is 309 g/mol. The Kier molecular flexibility index (Phi) is 4.43. The molecule has 3 nitrogen and oxygen atoms in total. The second-order valence-electron chi connectivity index (χ2n) is 6.60. The van der Waals surface area contributed by atoms with Crippen molar-refractivity contribution in [3.05, 3.63) is 28.8 Å². The Morgan fingerprint density at radius 2 is 2.00 bits per heavy atom. The van der Waals surface area contributed by atoms with Gasteiger partial charge in [0.2, 0.25) is 0 Å².